The fraction of sp³-hybridized carbons (Fsp3) is 0.364. The number of amides is 2. The number of nitrogens with one attached hydrogen (secondary N) is 1. The second kappa shape index (κ2) is 7.91. The summed E-state index contributed by atoms with van der Waals surface area (Å²) in [5.41, 5.74) is 1.22. The maximum atomic E-state index is 13.1. The summed E-state index contributed by atoms with van der Waals surface area (Å²) in [6.45, 7) is 7.54. The van der Waals surface area contributed by atoms with Crippen LogP contribution in [0, 0.1) is 0 Å². The van der Waals surface area contributed by atoms with Gasteiger partial charge in [0.05, 0.1) is 5.69 Å². The van der Waals surface area contributed by atoms with E-state index in [4.69, 9.17) is 4.74 Å². The lowest BCUT2D eigenvalue weighted by atomic mass is 10.2. The van der Waals surface area contributed by atoms with Gasteiger partial charge in [0.15, 0.2) is 0 Å². The number of benzene rings is 1. The highest BCUT2D eigenvalue weighted by atomic mass is 32.1. The van der Waals surface area contributed by atoms with E-state index < -0.39 is 11.7 Å². The third-order valence-electron chi connectivity index (χ3n) is 4.46. The number of hydrogen-bond donors (Lipinski definition) is 1. The highest BCUT2D eigenvalue weighted by molar-refractivity contribution is 7.19. The molecule has 2 amide bonds. The Kier molecular flexibility index (Phi) is 5.71. The number of fused-ring (bicyclic) bond motifs is 1. The molecule has 1 aromatic carbocycles. The van der Waals surface area contributed by atoms with E-state index in [9.17, 15) is 9.59 Å². The SMILES string of the molecule is CCc1cc2cc(N(C)C(=O)c3cc(NC(=O)OC(C)(C)C)cn3C)ccc2s1. The molecule has 2 aromatic heterocycles. The Morgan fingerprint density at radius 2 is 1.93 bits per heavy atom. The Morgan fingerprint density at radius 3 is 2.59 bits per heavy atom. The Labute approximate surface area is 175 Å². The number of anilines is 2. The molecule has 0 saturated carbocycles. The molecule has 0 radical (unpaired) electrons. The molecule has 0 aliphatic heterocycles. The first-order valence-electron chi connectivity index (χ1n) is 9.54. The zero-order chi connectivity index (χ0) is 21.3. The molecule has 0 fully saturated rings. The molecule has 0 aliphatic rings. The van der Waals surface area contributed by atoms with Crippen molar-refractivity contribution in [3.05, 3.63) is 47.1 Å². The average molecular weight is 414 g/mol. The number of aryl methyl sites for hydroxylation is 2. The number of aromatic nitrogens is 1. The van der Waals surface area contributed by atoms with E-state index in [2.05, 4.69) is 24.4 Å². The van der Waals surface area contributed by atoms with Crippen molar-refractivity contribution < 1.29 is 14.3 Å². The third-order valence-corrected chi connectivity index (χ3v) is 5.72. The largest absolute Gasteiger partial charge is 0.444 e. The summed E-state index contributed by atoms with van der Waals surface area (Å²) in [5.74, 6) is -0.157. The van der Waals surface area contributed by atoms with Crippen LogP contribution in [0.1, 0.15) is 43.1 Å². The number of carbonyl (C=O) groups is 2. The fourth-order valence-corrected chi connectivity index (χ4v) is 4.01. The number of hydrogen-bond acceptors (Lipinski definition) is 4. The summed E-state index contributed by atoms with van der Waals surface area (Å²) in [7, 11) is 3.53. The van der Waals surface area contributed by atoms with Gasteiger partial charge in [0.2, 0.25) is 0 Å². The maximum Gasteiger partial charge on any atom is 0.412 e. The predicted molar refractivity (Wildman–Crippen MR) is 119 cm³/mol. The van der Waals surface area contributed by atoms with Gasteiger partial charge in [0.1, 0.15) is 11.3 Å². The van der Waals surface area contributed by atoms with Gasteiger partial charge >= 0.3 is 6.09 Å². The smallest absolute Gasteiger partial charge is 0.412 e. The first-order chi connectivity index (χ1) is 13.6. The topological polar surface area (TPSA) is 63.6 Å². The second-order valence-corrected chi connectivity index (χ2v) is 9.17. The minimum atomic E-state index is -0.588. The van der Waals surface area contributed by atoms with Gasteiger partial charge in [0, 0.05) is 35.6 Å². The number of nitrogens with zero attached hydrogens (tertiary/aromatic N) is 2. The molecule has 154 valence electrons. The lowest BCUT2D eigenvalue weighted by Gasteiger charge is -2.19. The van der Waals surface area contributed by atoms with E-state index in [1.807, 2.05) is 12.1 Å². The summed E-state index contributed by atoms with van der Waals surface area (Å²) in [5, 5.41) is 3.82. The van der Waals surface area contributed by atoms with Gasteiger partial charge in [-0.15, -0.1) is 11.3 Å². The quantitative estimate of drug-likeness (QED) is 0.621. The average Bonchev–Trinajstić information content (AvgIpc) is 3.20. The van der Waals surface area contributed by atoms with Crippen LogP contribution in [0.2, 0.25) is 0 Å². The molecule has 3 rings (SSSR count). The van der Waals surface area contributed by atoms with Gasteiger partial charge in [-0.2, -0.15) is 0 Å². The van der Waals surface area contributed by atoms with Gasteiger partial charge in [-0.3, -0.25) is 10.1 Å². The molecule has 2 heterocycles. The van der Waals surface area contributed by atoms with Crippen molar-refractivity contribution in [2.75, 3.05) is 17.3 Å². The van der Waals surface area contributed by atoms with Crippen molar-refractivity contribution in [1.29, 1.82) is 0 Å². The van der Waals surface area contributed by atoms with Gasteiger partial charge in [-0.1, -0.05) is 6.92 Å². The summed E-state index contributed by atoms with van der Waals surface area (Å²) in [6.07, 6.45) is 2.14. The second-order valence-electron chi connectivity index (χ2n) is 8.00. The van der Waals surface area contributed by atoms with Crippen molar-refractivity contribution in [2.45, 2.75) is 39.7 Å². The molecule has 7 heteroatoms. The monoisotopic (exact) mass is 413 g/mol. The molecule has 0 bridgehead atoms. The van der Waals surface area contributed by atoms with Gasteiger partial charge < -0.3 is 14.2 Å². The Balaban J connectivity index is 1.79. The van der Waals surface area contributed by atoms with E-state index in [0.717, 1.165) is 17.5 Å². The molecule has 0 atom stereocenters. The van der Waals surface area contributed by atoms with E-state index in [1.165, 1.54) is 9.58 Å². The minimum Gasteiger partial charge on any atom is -0.444 e. The molecular weight excluding hydrogens is 386 g/mol. The Morgan fingerprint density at radius 1 is 1.21 bits per heavy atom. The van der Waals surface area contributed by atoms with Crippen LogP contribution in [0.25, 0.3) is 10.1 Å². The first-order valence-corrected chi connectivity index (χ1v) is 10.4. The first kappa shape index (κ1) is 20.9. The van der Waals surface area contributed by atoms with E-state index in [1.54, 1.807) is 67.9 Å². The van der Waals surface area contributed by atoms with Gasteiger partial charge in [0.25, 0.3) is 5.91 Å². The van der Waals surface area contributed by atoms with Crippen LogP contribution in [0.3, 0.4) is 0 Å². The van der Waals surface area contributed by atoms with Gasteiger partial charge in [-0.25, -0.2) is 4.79 Å². The molecule has 0 unspecified atom stereocenters. The van der Waals surface area contributed by atoms with Crippen LogP contribution in [0.5, 0.6) is 0 Å². The molecule has 1 N–H and O–H groups in total. The zero-order valence-corrected chi connectivity index (χ0v) is 18.5. The van der Waals surface area contributed by atoms with E-state index in [-0.39, 0.29) is 5.91 Å². The van der Waals surface area contributed by atoms with Crippen LogP contribution in [0.15, 0.2) is 36.5 Å². The highest BCUT2D eigenvalue weighted by Crippen LogP contribution is 2.30. The van der Waals surface area contributed by atoms with Crippen molar-refractivity contribution in [3.8, 4) is 0 Å². The van der Waals surface area contributed by atoms with Crippen LogP contribution < -0.4 is 10.2 Å². The van der Waals surface area contributed by atoms with E-state index >= 15 is 0 Å². The third kappa shape index (κ3) is 4.79. The normalized spacial score (nSPS) is 11.5. The highest BCUT2D eigenvalue weighted by Gasteiger charge is 2.21. The summed E-state index contributed by atoms with van der Waals surface area (Å²) in [4.78, 5) is 28.0. The van der Waals surface area contributed by atoms with Crippen molar-refractivity contribution >= 4 is 44.8 Å². The van der Waals surface area contributed by atoms with Crippen LogP contribution in [-0.4, -0.2) is 29.2 Å². The number of rotatable bonds is 4. The van der Waals surface area contributed by atoms with Crippen molar-refractivity contribution in [1.82, 2.24) is 4.57 Å². The van der Waals surface area contributed by atoms with E-state index in [0.29, 0.717) is 11.4 Å². The number of carbonyl (C=O) groups excluding carboxylic acids is 2. The molecule has 29 heavy (non-hydrogen) atoms. The summed E-state index contributed by atoms with van der Waals surface area (Å²) < 4.78 is 8.18. The molecule has 3 aromatic rings. The minimum absolute atomic E-state index is 0.157. The van der Waals surface area contributed by atoms with Crippen molar-refractivity contribution in [3.63, 3.8) is 0 Å². The van der Waals surface area contributed by atoms with Crippen molar-refractivity contribution in [2.24, 2.45) is 7.05 Å². The Bertz CT molecular complexity index is 1060. The molecule has 0 spiro atoms. The molecule has 0 aliphatic carbocycles. The molecular formula is C22H27N3O3S. The lowest BCUT2D eigenvalue weighted by molar-refractivity contribution is 0.0635. The molecule has 0 saturated heterocycles. The maximum absolute atomic E-state index is 13.1. The predicted octanol–water partition coefficient (Wildman–Crippen LogP) is 5.43. The standard InChI is InChI=1S/C22H27N3O3S/c1-7-17-11-14-10-16(8-9-19(14)29-17)25(6)20(26)18-12-15(13-24(18)5)23-21(27)28-22(2,3)4/h8-13H,7H2,1-6H3,(H,23,27). The number of thiophene rings is 1. The van der Waals surface area contributed by atoms with Crippen LogP contribution >= 0.6 is 11.3 Å². The van der Waals surface area contributed by atoms with Crippen LogP contribution in [-0.2, 0) is 18.2 Å². The Hall–Kier alpha value is -2.80. The lowest BCUT2D eigenvalue weighted by Crippen LogP contribution is -2.28. The summed E-state index contributed by atoms with van der Waals surface area (Å²) >= 11 is 1.78. The van der Waals surface area contributed by atoms with Crippen LogP contribution in [0.4, 0.5) is 16.2 Å². The summed E-state index contributed by atoms with van der Waals surface area (Å²) in [6, 6.07) is 9.87. The molecule has 6 nitrogen and oxygen atoms in total. The van der Waals surface area contributed by atoms with Gasteiger partial charge in [-0.05, 0) is 62.9 Å². The number of ether oxygens (including phenoxy) is 1. The fourth-order valence-electron chi connectivity index (χ4n) is 3.02. The zero-order valence-electron chi connectivity index (χ0n) is 17.7.